The number of rotatable bonds is 3. The highest BCUT2D eigenvalue weighted by atomic mass is 79.9. The number of carbonyl (C=O) groups is 1. The molecule has 0 saturated heterocycles. The fraction of sp³-hybridized carbons (Fsp3) is 0.200. The van der Waals surface area contributed by atoms with Crippen LogP contribution in [0.4, 0.5) is 24.7 Å². The number of anilines is 2. The van der Waals surface area contributed by atoms with E-state index in [4.69, 9.17) is 23.2 Å². The van der Waals surface area contributed by atoms with E-state index >= 15 is 0 Å². The molecule has 31 heavy (non-hydrogen) atoms. The number of aromatic nitrogens is 2. The number of hydrogen-bond acceptors (Lipinski definition) is 3. The minimum Gasteiger partial charge on any atom is -0.363 e. The van der Waals surface area contributed by atoms with Crippen molar-refractivity contribution < 1.29 is 18.0 Å². The number of carbonyl (C=O) groups excluding carboxylic acids is 1. The Labute approximate surface area is 193 Å². The first-order valence-corrected chi connectivity index (χ1v) is 10.6. The minimum absolute atomic E-state index is 0.000876. The maximum absolute atomic E-state index is 13.8. The second-order valence-electron chi connectivity index (χ2n) is 6.98. The molecule has 0 fully saturated rings. The SMILES string of the molecule is O=C(Nc1ccc(Cl)c(Cl)c1)c1cnn2c1N[C@H](c1ccc(Br)cc1)C[C@@H]2C(F)(F)F. The summed E-state index contributed by atoms with van der Waals surface area (Å²) in [7, 11) is 0. The molecule has 162 valence electrons. The van der Waals surface area contributed by atoms with Gasteiger partial charge in [0.05, 0.1) is 22.3 Å². The zero-order valence-corrected chi connectivity index (χ0v) is 18.6. The van der Waals surface area contributed by atoms with Crippen LogP contribution in [-0.4, -0.2) is 21.9 Å². The van der Waals surface area contributed by atoms with Crippen molar-refractivity contribution in [3.63, 3.8) is 0 Å². The molecule has 2 atom stereocenters. The van der Waals surface area contributed by atoms with E-state index < -0.39 is 24.2 Å². The van der Waals surface area contributed by atoms with Gasteiger partial charge in [0, 0.05) is 16.6 Å². The lowest BCUT2D eigenvalue weighted by atomic mass is 9.96. The number of benzene rings is 2. The molecule has 0 unspecified atom stereocenters. The fourth-order valence-corrected chi connectivity index (χ4v) is 3.98. The number of fused-ring (bicyclic) bond motifs is 1. The van der Waals surface area contributed by atoms with Crippen molar-refractivity contribution in [2.24, 2.45) is 0 Å². The Kier molecular flexibility index (Phi) is 5.93. The van der Waals surface area contributed by atoms with E-state index in [9.17, 15) is 18.0 Å². The van der Waals surface area contributed by atoms with E-state index in [0.717, 1.165) is 15.4 Å². The fourth-order valence-electron chi connectivity index (χ4n) is 3.41. The second kappa shape index (κ2) is 8.37. The average Bonchev–Trinajstić information content (AvgIpc) is 3.14. The van der Waals surface area contributed by atoms with Gasteiger partial charge < -0.3 is 10.6 Å². The molecule has 1 aromatic heterocycles. The molecule has 1 aliphatic heterocycles. The molecule has 4 rings (SSSR count). The zero-order valence-electron chi connectivity index (χ0n) is 15.6. The highest BCUT2D eigenvalue weighted by molar-refractivity contribution is 9.10. The zero-order chi connectivity index (χ0) is 22.3. The molecule has 2 heterocycles. The van der Waals surface area contributed by atoms with Gasteiger partial charge in [-0.3, -0.25) is 4.79 Å². The highest BCUT2D eigenvalue weighted by Gasteiger charge is 2.47. The van der Waals surface area contributed by atoms with Crippen molar-refractivity contribution in [3.8, 4) is 0 Å². The van der Waals surface area contributed by atoms with Gasteiger partial charge in [-0.25, -0.2) is 4.68 Å². The van der Waals surface area contributed by atoms with E-state index in [1.54, 1.807) is 30.3 Å². The van der Waals surface area contributed by atoms with Crippen LogP contribution in [0.1, 0.15) is 34.4 Å². The summed E-state index contributed by atoms with van der Waals surface area (Å²) in [6.45, 7) is 0. The van der Waals surface area contributed by atoms with Crippen LogP contribution in [0.5, 0.6) is 0 Å². The van der Waals surface area contributed by atoms with Crippen LogP contribution < -0.4 is 10.6 Å². The number of nitrogens with zero attached hydrogens (tertiary/aromatic N) is 2. The third kappa shape index (κ3) is 4.53. The first-order valence-electron chi connectivity index (χ1n) is 9.06. The summed E-state index contributed by atoms with van der Waals surface area (Å²) in [5.41, 5.74) is 1.01. The van der Waals surface area contributed by atoms with E-state index in [2.05, 4.69) is 31.7 Å². The Morgan fingerprint density at radius 1 is 1.16 bits per heavy atom. The molecule has 2 aromatic carbocycles. The monoisotopic (exact) mass is 532 g/mol. The summed E-state index contributed by atoms with van der Waals surface area (Å²) in [4.78, 5) is 12.8. The molecular weight excluding hydrogens is 520 g/mol. The summed E-state index contributed by atoms with van der Waals surface area (Å²) in [6.07, 6.45) is -3.67. The smallest absolute Gasteiger partial charge is 0.363 e. The van der Waals surface area contributed by atoms with Gasteiger partial charge in [-0.15, -0.1) is 0 Å². The molecule has 2 N–H and O–H groups in total. The van der Waals surface area contributed by atoms with Crippen molar-refractivity contribution in [1.29, 1.82) is 0 Å². The first kappa shape index (κ1) is 22.0. The number of nitrogens with one attached hydrogen (secondary N) is 2. The quantitative estimate of drug-likeness (QED) is 0.386. The van der Waals surface area contributed by atoms with E-state index in [0.29, 0.717) is 16.3 Å². The van der Waals surface area contributed by atoms with Crippen molar-refractivity contribution in [1.82, 2.24) is 9.78 Å². The Balaban J connectivity index is 1.68. The van der Waals surface area contributed by atoms with Crippen molar-refractivity contribution in [2.45, 2.75) is 24.7 Å². The van der Waals surface area contributed by atoms with Crippen molar-refractivity contribution in [3.05, 3.63) is 74.3 Å². The van der Waals surface area contributed by atoms with E-state index in [1.165, 1.54) is 12.1 Å². The molecule has 11 heteroatoms. The van der Waals surface area contributed by atoms with Crippen LogP contribution in [0, 0.1) is 0 Å². The van der Waals surface area contributed by atoms with E-state index in [1.807, 2.05) is 0 Å². The maximum atomic E-state index is 13.8. The Morgan fingerprint density at radius 2 is 1.87 bits per heavy atom. The van der Waals surface area contributed by atoms with Gasteiger partial charge in [0.1, 0.15) is 11.4 Å². The lowest BCUT2D eigenvalue weighted by molar-refractivity contribution is -0.173. The second-order valence-corrected chi connectivity index (χ2v) is 8.71. The van der Waals surface area contributed by atoms with Gasteiger partial charge in [-0.1, -0.05) is 51.3 Å². The van der Waals surface area contributed by atoms with Crippen LogP contribution >= 0.6 is 39.1 Å². The first-order chi connectivity index (χ1) is 14.6. The Hall–Kier alpha value is -2.23. The summed E-state index contributed by atoms with van der Waals surface area (Å²) in [5.74, 6) is -0.622. The molecule has 0 bridgehead atoms. The topological polar surface area (TPSA) is 59.0 Å². The number of alkyl halides is 3. The number of halogens is 6. The number of hydrogen-bond donors (Lipinski definition) is 2. The molecule has 1 aliphatic rings. The molecular formula is C20H14BrCl2F3N4O. The third-order valence-corrected chi connectivity index (χ3v) is 6.20. The van der Waals surface area contributed by atoms with Crippen LogP contribution in [-0.2, 0) is 0 Å². The van der Waals surface area contributed by atoms with Gasteiger partial charge in [-0.05, 0) is 35.9 Å². The van der Waals surface area contributed by atoms with Crippen LogP contribution in [0.15, 0.2) is 53.1 Å². The van der Waals surface area contributed by atoms with E-state index in [-0.39, 0.29) is 22.8 Å². The molecule has 0 saturated carbocycles. The Bertz CT molecular complexity index is 1130. The van der Waals surface area contributed by atoms with Gasteiger partial charge >= 0.3 is 6.18 Å². The van der Waals surface area contributed by atoms with Crippen LogP contribution in [0.25, 0.3) is 0 Å². The van der Waals surface area contributed by atoms with Crippen molar-refractivity contribution >= 4 is 56.5 Å². The third-order valence-electron chi connectivity index (χ3n) is 4.93. The molecule has 3 aromatic rings. The summed E-state index contributed by atoms with van der Waals surface area (Å²) >= 11 is 15.2. The summed E-state index contributed by atoms with van der Waals surface area (Å²) in [6, 6.07) is 8.95. The number of amides is 1. The Morgan fingerprint density at radius 3 is 2.52 bits per heavy atom. The minimum atomic E-state index is -4.53. The van der Waals surface area contributed by atoms with Crippen molar-refractivity contribution in [2.75, 3.05) is 10.6 Å². The highest BCUT2D eigenvalue weighted by Crippen LogP contribution is 2.44. The van der Waals surface area contributed by atoms with Crippen LogP contribution in [0.2, 0.25) is 10.0 Å². The van der Waals surface area contributed by atoms with Gasteiger partial charge in [0.15, 0.2) is 6.04 Å². The predicted molar refractivity (Wildman–Crippen MR) is 117 cm³/mol. The lowest BCUT2D eigenvalue weighted by Crippen LogP contribution is -2.36. The van der Waals surface area contributed by atoms with Gasteiger partial charge in [0.2, 0.25) is 0 Å². The molecule has 5 nitrogen and oxygen atoms in total. The van der Waals surface area contributed by atoms with Gasteiger partial charge in [0.25, 0.3) is 5.91 Å². The largest absolute Gasteiger partial charge is 0.410 e. The maximum Gasteiger partial charge on any atom is 0.410 e. The standard InChI is InChI=1S/C20H14BrCl2F3N4O/c21-11-3-1-10(2-4-11)16-8-17(20(24,25)26)30-18(29-16)13(9-27-30)19(31)28-12-5-6-14(22)15(23)7-12/h1-7,9,16-17,29H,8H2,(H,28,31)/t16-,17+/m0/s1. The molecule has 1 amide bonds. The summed E-state index contributed by atoms with van der Waals surface area (Å²) < 4.78 is 43.0. The van der Waals surface area contributed by atoms with Gasteiger partial charge in [-0.2, -0.15) is 18.3 Å². The predicted octanol–water partition coefficient (Wildman–Crippen LogP) is 6.87. The molecule has 0 aliphatic carbocycles. The molecule has 0 spiro atoms. The summed E-state index contributed by atoms with van der Waals surface area (Å²) in [5, 5.41) is 10.1. The normalized spacial score (nSPS) is 18.3. The average molecular weight is 534 g/mol. The van der Waals surface area contributed by atoms with Crippen LogP contribution in [0.3, 0.4) is 0 Å². The molecule has 0 radical (unpaired) electrons. The lowest BCUT2D eigenvalue weighted by Gasteiger charge is -2.34.